The smallest absolute Gasteiger partial charge is 0.246 e. The Balaban J connectivity index is 1.79. The summed E-state index contributed by atoms with van der Waals surface area (Å²) in [7, 11) is -3.35. The molecule has 0 atom stereocenters. The highest BCUT2D eigenvalue weighted by molar-refractivity contribution is 9.10. The van der Waals surface area contributed by atoms with Gasteiger partial charge in [-0.05, 0) is 27.6 Å². The summed E-state index contributed by atoms with van der Waals surface area (Å²) in [6.07, 6.45) is 7.05. The van der Waals surface area contributed by atoms with Crippen LogP contribution in [0.4, 0.5) is 0 Å². The van der Waals surface area contributed by atoms with Gasteiger partial charge in [-0.3, -0.25) is 9.88 Å². The van der Waals surface area contributed by atoms with Gasteiger partial charge in [-0.1, -0.05) is 0 Å². The van der Waals surface area contributed by atoms with Gasteiger partial charge >= 0.3 is 0 Å². The van der Waals surface area contributed by atoms with Crippen molar-refractivity contribution < 1.29 is 8.42 Å². The zero-order valence-electron chi connectivity index (χ0n) is 12.0. The first-order chi connectivity index (χ1) is 10.4. The molecule has 0 fully saturated rings. The Morgan fingerprint density at radius 1 is 1.36 bits per heavy atom. The maximum atomic E-state index is 11.5. The van der Waals surface area contributed by atoms with E-state index in [1.54, 1.807) is 18.6 Å². The largest absolute Gasteiger partial charge is 0.294 e. The molecule has 0 radical (unpaired) electrons. The van der Waals surface area contributed by atoms with Crippen molar-refractivity contribution in [1.29, 1.82) is 0 Å². The van der Waals surface area contributed by atoms with Crippen molar-refractivity contribution in [2.75, 3.05) is 12.8 Å². The highest BCUT2D eigenvalue weighted by Gasteiger charge is 2.21. The number of hydrogen-bond donors (Lipinski definition) is 0. The van der Waals surface area contributed by atoms with Crippen LogP contribution in [0.5, 0.6) is 0 Å². The lowest BCUT2D eigenvalue weighted by atomic mass is 10.1. The minimum atomic E-state index is -3.35. The van der Waals surface area contributed by atoms with Crippen LogP contribution in [-0.2, 0) is 29.3 Å². The molecule has 3 rings (SSSR count). The lowest BCUT2D eigenvalue weighted by molar-refractivity contribution is 0.241. The molecule has 0 aromatic carbocycles. The number of sulfone groups is 1. The molecule has 0 saturated heterocycles. The van der Waals surface area contributed by atoms with Crippen LogP contribution in [0.15, 0.2) is 34.3 Å². The first kappa shape index (κ1) is 15.5. The van der Waals surface area contributed by atoms with Crippen LogP contribution in [0, 0.1) is 0 Å². The van der Waals surface area contributed by atoms with Crippen molar-refractivity contribution in [3.63, 3.8) is 0 Å². The topological polar surface area (TPSA) is 76.1 Å². The summed E-state index contributed by atoms with van der Waals surface area (Å²) in [6, 6.07) is 1.99. The van der Waals surface area contributed by atoms with Gasteiger partial charge in [0.25, 0.3) is 0 Å². The van der Waals surface area contributed by atoms with Crippen LogP contribution in [0.3, 0.4) is 0 Å². The van der Waals surface area contributed by atoms with Crippen molar-refractivity contribution in [3.05, 3.63) is 46.0 Å². The summed E-state index contributed by atoms with van der Waals surface area (Å²) in [5, 5.41) is -0.0865. The molecule has 0 N–H and O–H groups in total. The van der Waals surface area contributed by atoms with Gasteiger partial charge in [0.1, 0.15) is 0 Å². The van der Waals surface area contributed by atoms with Gasteiger partial charge in [-0.25, -0.2) is 18.4 Å². The van der Waals surface area contributed by atoms with Gasteiger partial charge in [0.2, 0.25) is 15.0 Å². The lowest BCUT2D eigenvalue weighted by Crippen LogP contribution is -2.31. The molecule has 22 heavy (non-hydrogen) atoms. The normalized spacial score (nSPS) is 15.5. The van der Waals surface area contributed by atoms with Gasteiger partial charge in [-0.2, -0.15) is 0 Å². The van der Waals surface area contributed by atoms with Gasteiger partial charge in [0.05, 0.1) is 5.69 Å². The predicted octanol–water partition coefficient (Wildman–Crippen LogP) is 1.60. The number of halogens is 1. The van der Waals surface area contributed by atoms with Crippen LogP contribution in [0.25, 0.3) is 0 Å². The van der Waals surface area contributed by atoms with E-state index in [1.165, 1.54) is 5.56 Å². The summed E-state index contributed by atoms with van der Waals surface area (Å²) in [4.78, 5) is 14.5. The van der Waals surface area contributed by atoms with Crippen molar-refractivity contribution in [2.24, 2.45) is 0 Å². The van der Waals surface area contributed by atoms with Crippen LogP contribution < -0.4 is 0 Å². The van der Waals surface area contributed by atoms with Crippen LogP contribution >= 0.6 is 15.9 Å². The number of pyridine rings is 1. The molecule has 2 aromatic rings. The summed E-state index contributed by atoms with van der Waals surface area (Å²) in [5.41, 5.74) is 3.00. The highest BCUT2D eigenvalue weighted by Crippen LogP contribution is 2.22. The quantitative estimate of drug-likeness (QED) is 0.750. The monoisotopic (exact) mass is 382 g/mol. The minimum Gasteiger partial charge on any atom is -0.294 e. The Hall–Kier alpha value is -1.38. The van der Waals surface area contributed by atoms with Crippen LogP contribution in [-0.4, -0.2) is 41.1 Å². The second-order valence-electron chi connectivity index (χ2n) is 5.32. The Labute approximate surface area is 137 Å². The minimum absolute atomic E-state index is 0.0865. The molecule has 1 aliphatic rings. The first-order valence-corrected chi connectivity index (χ1v) is 9.47. The van der Waals surface area contributed by atoms with E-state index in [0.717, 1.165) is 41.5 Å². The third-order valence-electron chi connectivity index (χ3n) is 3.57. The van der Waals surface area contributed by atoms with Crippen molar-refractivity contribution in [3.8, 4) is 0 Å². The maximum Gasteiger partial charge on any atom is 0.246 e. The fourth-order valence-corrected chi connectivity index (χ4v) is 3.34. The molecular weight excluding hydrogens is 368 g/mol. The molecule has 3 heterocycles. The molecule has 8 heteroatoms. The van der Waals surface area contributed by atoms with E-state index in [9.17, 15) is 8.42 Å². The predicted molar refractivity (Wildman–Crippen MR) is 84.9 cm³/mol. The van der Waals surface area contributed by atoms with Gasteiger partial charge < -0.3 is 0 Å². The lowest BCUT2D eigenvalue weighted by Gasteiger charge is -2.28. The molecular formula is C14H15BrN4O2S. The van der Waals surface area contributed by atoms with Crippen molar-refractivity contribution >= 4 is 25.8 Å². The number of nitrogens with zero attached hydrogens (tertiary/aromatic N) is 4. The van der Waals surface area contributed by atoms with E-state index in [2.05, 4.69) is 35.8 Å². The van der Waals surface area contributed by atoms with Crippen molar-refractivity contribution in [1.82, 2.24) is 19.9 Å². The number of rotatable bonds is 3. The van der Waals surface area contributed by atoms with E-state index >= 15 is 0 Å². The molecule has 0 spiro atoms. The molecule has 116 valence electrons. The first-order valence-electron chi connectivity index (χ1n) is 6.79. The Morgan fingerprint density at radius 2 is 2.18 bits per heavy atom. The molecule has 0 amide bonds. The number of fused-ring (bicyclic) bond motifs is 1. The molecule has 0 aliphatic carbocycles. The summed E-state index contributed by atoms with van der Waals surface area (Å²) in [6.45, 7) is 2.35. The van der Waals surface area contributed by atoms with Crippen molar-refractivity contribution in [2.45, 2.75) is 24.7 Å². The Kier molecular flexibility index (Phi) is 4.24. The average molecular weight is 383 g/mol. The fourth-order valence-electron chi connectivity index (χ4n) is 2.44. The number of hydrogen-bond acceptors (Lipinski definition) is 6. The van der Waals surface area contributed by atoms with E-state index in [4.69, 9.17) is 0 Å². The zero-order chi connectivity index (χ0) is 15.7. The third kappa shape index (κ3) is 3.34. The van der Waals surface area contributed by atoms with E-state index < -0.39 is 9.84 Å². The second-order valence-corrected chi connectivity index (χ2v) is 8.09. The van der Waals surface area contributed by atoms with Crippen LogP contribution in [0.1, 0.15) is 16.8 Å². The van der Waals surface area contributed by atoms with Gasteiger partial charge in [0, 0.05) is 60.9 Å². The summed E-state index contributed by atoms with van der Waals surface area (Å²) in [5.74, 6) is 0. The molecule has 2 aromatic heterocycles. The summed E-state index contributed by atoms with van der Waals surface area (Å²) < 4.78 is 24.0. The van der Waals surface area contributed by atoms with E-state index in [0.29, 0.717) is 6.54 Å². The number of aromatic nitrogens is 3. The third-order valence-corrected chi connectivity index (χ3v) is 5.15. The van der Waals surface area contributed by atoms with E-state index in [-0.39, 0.29) is 5.16 Å². The Bertz CT molecular complexity index is 810. The van der Waals surface area contributed by atoms with Gasteiger partial charge in [0.15, 0.2) is 0 Å². The maximum absolute atomic E-state index is 11.5. The van der Waals surface area contributed by atoms with E-state index in [1.807, 2.05) is 6.07 Å². The average Bonchev–Trinajstić information content (AvgIpc) is 2.48. The second kappa shape index (κ2) is 6.02. The highest BCUT2D eigenvalue weighted by atomic mass is 79.9. The summed E-state index contributed by atoms with van der Waals surface area (Å²) >= 11 is 3.51. The zero-order valence-corrected chi connectivity index (χ0v) is 14.4. The standard InChI is InChI=1S/C14H15BrN4O2S/c1-22(20,21)14-17-6-11-9-19(5-3-13(11)18-14)8-10-2-4-16-7-12(10)15/h2,4,6-7H,3,5,8-9H2,1H3. The fraction of sp³-hybridized carbons (Fsp3) is 0.357. The molecule has 0 unspecified atom stereocenters. The molecule has 0 saturated carbocycles. The molecule has 6 nitrogen and oxygen atoms in total. The van der Waals surface area contributed by atoms with Gasteiger partial charge in [-0.15, -0.1) is 0 Å². The van der Waals surface area contributed by atoms with Crippen LogP contribution in [0.2, 0.25) is 0 Å². The Morgan fingerprint density at radius 3 is 2.91 bits per heavy atom. The molecule has 1 aliphatic heterocycles. The molecule has 0 bridgehead atoms. The SMILES string of the molecule is CS(=O)(=O)c1ncc2c(n1)CCN(Cc1ccncc1Br)C2.